The quantitative estimate of drug-likeness (QED) is 0.143. The van der Waals surface area contributed by atoms with Gasteiger partial charge in [0.05, 0.1) is 6.10 Å². The highest BCUT2D eigenvalue weighted by Crippen LogP contribution is 2.11. The van der Waals surface area contributed by atoms with Crippen molar-refractivity contribution in [2.75, 3.05) is 0 Å². The molecule has 0 spiro atoms. The van der Waals surface area contributed by atoms with E-state index in [9.17, 15) is 4.79 Å². The monoisotopic (exact) mass is 352 g/mol. The third kappa shape index (κ3) is 19.4. The summed E-state index contributed by atoms with van der Waals surface area (Å²) in [4.78, 5) is 11.6. The van der Waals surface area contributed by atoms with Gasteiger partial charge in [-0.15, -0.1) is 0 Å². The lowest BCUT2D eigenvalue weighted by molar-refractivity contribution is -0.148. The molecule has 0 saturated carbocycles. The van der Waals surface area contributed by atoms with Crippen molar-refractivity contribution in [2.45, 2.75) is 130 Å². The fourth-order valence-corrected chi connectivity index (χ4v) is 3.09. The Balaban J connectivity index is 3.25. The van der Waals surface area contributed by atoms with Crippen LogP contribution < -0.4 is 0 Å². The minimum absolute atomic E-state index is 0.0152. The molecule has 0 heterocycles. The Kier molecular flexibility index (Phi) is 18.9. The van der Waals surface area contributed by atoms with Crippen molar-refractivity contribution in [1.82, 2.24) is 0 Å². The molecule has 0 radical (unpaired) electrons. The van der Waals surface area contributed by atoms with Gasteiger partial charge in [-0.25, -0.2) is 0 Å². The second-order valence-corrected chi connectivity index (χ2v) is 7.42. The van der Waals surface area contributed by atoms with Crippen LogP contribution in [-0.2, 0) is 9.53 Å². The average molecular weight is 353 g/mol. The molecule has 0 aromatic heterocycles. The SMILES string of the molecule is CCCCCCCC/C=C\CCCCCCCC(=O)OC(C)CCC. The highest BCUT2D eigenvalue weighted by atomic mass is 16.5. The van der Waals surface area contributed by atoms with E-state index in [2.05, 4.69) is 26.0 Å². The van der Waals surface area contributed by atoms with Gasteiger partial charge >= 0.3 is 5.97 Å². The maximum Gasteiger partial charge on any atom is 0.306 e. The molecular formula is C23H44O2. The van der Waals surface area contributed by atoms with E-state index in [-0.39, 0.29) is 12.1 Å². The third-order valence-electron chi connectivity index (χ3n) is 4.67. The van der Waals surface area contributed by atoms with Crippen LogP contribution in [0.15, 0.2) is 12.2 Å². The first-order valence-electron chi connectivity index (χ1n) is 11.0. The normalized spacial score (nSPS) is 12.6. The molecule has 0 aliphatic heterocycles. The number of hydrogen-bond acceptors (Lipinski definition) is 2. The van der Waals surface area contributed by atoms with Gasteiger partial charge in [-0.1, -0.05) is 83.8 Å². The number of allylic oxidation sites excluding steroid dienone is 2. The number of carbonyl (C=O) groups is 1. The van der Waals surface area contributed by atoms with Crippen LogP contribution in [0.5, 0.6) is 0 Å². The fraction of sp³-hybridized carbons (Fsp3) is 0.870. The number of esters is 1. The number of carbonyl (C=O) groups excluding carboxylic acids is 1. The smallest absolute Gasteiger partial charge is 0.306 e. The minimum Gasteiger partial charge on any atom is -0.463 e. The molecule has 0 bridgehead atoms. The van der Waals surface area contributed by atoms with E-state index < -0.39 is 0 Å². The summed E-state index contributed by atoms with van der Waals surface area (Å²) in [5, 5.41) is 0. The molecule has 0 fully saturated rings. The van der Waals surface area contributed by atoms with Crippen molar-refractivity contribution in [1.29, 1.82) is 0 Å². The summed E-state index contributed by atoms with van der Waals surface area (Å²) in [6.07, 6.45) is 24.1. The molecule has 0 aromatic rings. The Labute approximate surface area is 157 Å². The zero-order valence-electron chi connectivity index (χ0n) is 17.4. The Morgan fingerprint density at radius 1 is 0.760 bits per heavy atom. The van der Waals surface area contributed by atoms with Crippen molar-refractivity contribution >= 4 is 5.97 Å². The van der Waals surface area contributed by atoms with Gasteiger partial charge in [-0.2, -0.15) is 0 Å². The van der Waals surface area contributed by atoms with Gasteiger partial charge in [-0.3, -0.25) is 4.79 Å². The topological polar surface area (TPSA) is 26.3 Å². The molecule has 148 valence electrons. The summed E-state index contributed by atoms with van der Waals surface area (Å²) in [6, 6.07) is 0. The Hall–Kier alpha value is -0.790. The van der Waals surface area contributed by atoms with Crippen LogP contribution in [0.2, 0.25) is 0 Å². The maximum absolute atomic E-state index is 11.6. The van der Waals surface area contributed by atoms with Crippen molar-refractivity contribution in [3.8, 4) is 0 Å². The second-order valence-electron chi connectivity index (χ2n) is 7.42. The molecule has 1 unspecified atom stereocenters. The van der Waals surface area contributed by atoms with E-state index in [1.807, 2.05) is 6.92 Å². The first-order valence-corrected chi connectivity index (χ1v) is 11.0. The van der Waals surface area contributed by atoms with E-state index in [1.54, 1.807) is 0 Å². The van der Waals surface area contributed by atoms with E-state index in [0.29, 0.717) is 6.42 Å². The summed E-state index contributed by atoms with van der Waals surface area (Å²) >= 11 is 0. The zero-order valence-corrected chi connectivity index (χ0v) is 17.4. The van der Waals surface area contributed by atoms with Crippen LogP contribution in [0, 0.1) is 0 Å². The first-order chi connectivity index (χ1) is 12.2. The standard InChI is InChI=1S/C23H44O2/c1-4-6-7-8-9-10-11-12-13-14-15-16-17-18-19-21-23(24)25-22(3)20-5-2/h12-13,22H,4-11,14-21H2,1-3H3/b13-12-. The van der Waals surface area contributed by atoms with E-state index >= 15 is 0 Å². The van der Waals surface area contributed by atoms with Crippen molar-refractivity contribution < 1.29 is 9.53 Å². The average Bonchev–Trinajstić information content (AvgIpc) is 2.58. The van der Waals surface area contributed by atoms with Gasteiger partial charge in [0.2, 0.25) is 0 Å². The van der Waals surface area contributed by atoms with Crippen molar-refractivity contribution in [3.05, 3.63) is 12.2 Å². The molecule has 0 saturated heterocycles. The maximum atomic E-state index is 11.6. The lowest BCUT2D eigenvalue weighted by Crippen LogP contribution is -2.14. The van der Waals surface area contributed by atoms with E-state index in [0.717, 1.165) is 25.7 Å². The van der Waals surface area contributed by atoms with Crippen LogP contribution in [0.3, 0.4) is 0 Å². The molecule has 0 rings (SSSR count). The highest BCUT2D eigenvalue weighted by Gasteiger charge is 2.07. The number of unbranched alkanes of at least 4 members (excludes halogenated alkanes) is 11. The number of rotatable bonds is 18. The van der Waals surface area contributed by atoms with Crippen LogP contribution in [0.1, 0.15) is 124 Å². The summed E-state index contributed by atoms with van der Waals surface area (Å²) < 4.78 is 5.36. The van der Waals surface area contributed by atoms with Crippen LogP contribution >= 0.6 is 0 Å². The lowest BCUT2D eigenvalue weighted by Gasteiger charge is -2.11. The molecule has 25 heavy (non-hydrogen) atoms. The minimum atomic E-state index is -0.0152. The number of hydrogen-bond donors (Lipinski definition) is 0. The van der Waals surface area contributed by atoms with Gasteiger partial charge in [0.15, 0.2) is 0 Å². The van der Waals surface area contributed by atoms with Crippen molar-refractivity contribution in [3.63, 3.8) is 0 Å². The summed E-state index contributed by atoms with van der Waals surface area (Å²) in [6.45, 7) is 6.38. The van der Waals surface area contributed by atoms with Crippen LogP contribution in [-0.4, -0.2) is 12.1 Å². The van der Waals surface area contributed by atoms with Gasteiger partial charge in [0, 0.05) is 6.42 Å². The Bertz CT molecular complexity index is 309. The second kappa shape index (κ2) is 19.5. The predicted octanol–water partition coefficient (Wildman–Crippen LogP) is 7.76. The van der Waals surface area contributed by atoms with Gasteiger partial charge < -0.3 is 4.74 Å². The molecule has 0 amide bonds. The largest absolute Gasteiger partial charge is 0.463 e. The van der Waals surface area contributed by atoms with Crippen LogP contribution in [0.4, 0.5) is 0 Å². The van der Waals surface area contributed by atoms with E-state index in [1.165, 1.54) is 70.6 Å². The molecular weight excluding hydrogens is 308 g/mol. The molecule has 0 aliphatic carbocycles. The summed E-state index contributed by atoms with van der Waals surface area (Å²) in [5.41, 5.74) is 0. The van der Waals surface area contributed by atoms with Crippen LogP contribution in [0.25, 0.3) is 0 Å². The number of ether oxygens (including phenoxy) is 1. The third-order valence-corrected chi connectivity index (χ3v) is 4.67. The molecule has 0 aliphatic rings. The molecule has 1 atom stereocenters. The highest BCUT2D eigenvalue weighted by molar-refractivity contribution is 5.69. The van der Waals surface area contributed by atoms with E-state index in [4.69, 9.17) is 4.74 Å². The molecule has 0 N–H and O–H groups in total. The van der Waals surface area contributed by atoms with Gasteiger partial charge in [-0.05, 0) is 45.4 Å². The van der Waals surface area contributed by atoms with Gasteiger partial charge in [0.25, 0.3) is 0 Å². The van der Waals surface area contributed by atoms with Gasteiger partial charge in [0.1, 0.15) is 0 Å². The first kappa shape index (κ1) is 24.2. The summed E-state index contributed by atoms with van der Waals surface area (Å²) in [5.74, 6) is -0.0152. The summed E-state index contributed by atoms with van der Waals surface area (Å²) in [7, 11) is 0. The fourth-order valence-electron chi connectivity index (χ4n) is 3.09. The lowest BCUT2D eigenvalue weighted by atomic mass is 10.1. The Morgan fingerprint density at radius 3 is 1.84 bits per heavy atom. The molecule has 0 aromatic carbocycles. The van der Waals surface area contributed by atoms with Crippen molar-refractivity contribution in [2.24, 2.45) is 0 Å². The zero-order chi connectivity index (χ0) is 18.6. The molecule has 2 nitrogen and oxygen atoms in total. The predicted molar refractivity (Wildman–Crippen MR) is 110 cm³/mol. The molecule has 2 heteroatoms. The Morgan fingerprint density at radius 2 is 1.28 bits per heavy atom.